The fourth-order valence-electron chi connectivity index (χ4n) is 2.83. The normalized spacial score (nSPS) is 11.6. The van der Waals surface area contributed by atoms with E-state index in [1.165, 1.54) is 44.6 Å². The number of hydrogen-bond donors (Lipinski definition) is 4. The highest BCUT2D eigenvalue weighted by Crippen LogP contribution is 2.35. The smallest absolute Gasteiger partial charge is 0.421 e. The Balaban J connectivity index is 1.94. The molecule has 0 atom stereocenters. The van der Waals surface area contributed by atoms with E-state index in [1.807, 2.05) is 0 Å². The largest absolute Gasteiger partial charge is 0.495 e. The minimum Gasteiger partial charge on any atom is -0.495 e. The Bertz CT molecular complexity index is 1370. The molecule has 5 N–H and O–H groups in total. The molecule has 0 saturated heterocycles. The van der Waals surface area contributed by atoms with Gasteiger partial charge in [0.15, 0.2) is 5.82 Å². The maximum Gasteiger partial charge on any atom is 0.421 e. The molecule has 1 aromatic carbocycles. The van der Waals surface area contributed by atoms with Crippen molar-refractivity contribution < 1.29 is 31.1 Å². The SMILES string of the molecule is CCS(=O)(=O)Nc1nccnc1CNc1nc(Nc2cc(C(N)=O)ccc2OC)ncc1C(F)(F)F. The van der Waals surface area contributed by atoms with Gasteiger partial charge in [0.2, 0.25) is 21.9 Å². The van der Waals surface area contributed by atoms with Crippen LogP contribution in [0.2, 0.25) is 0 Å². The van der Waals surface area contributed by atoms with Crippen molar-refractivity contribution in [2.45, 2.75) is 19.6 Å². The number of nitrogens with two attached hydrogens (primary N) is 1. The summed E-state index contributed by atoms with van der Waals surface area (Å²) in [5, 5.41) is 5.21. The van der Waals surface area contributed by atoms with Gasteiger partial charge in [-0.05, 0) is 25.1 Å². The van der Waals surface area contributed by atoms with E-state index in [4.69, 9.17) is 10.5 Å². The van der Waals surface area contributed by atoms with Crippen LogP contribution >= 0.6 is 0 Å². The lowest BCUT2D eigenvalue weighted by atomic mass is 10.2. The molecule has 0 aliphatic heterocycles. The first-order valence-corrected chi connectivity index (χ1v) is 11.8. The van der Waals surface area contributed by atoms with E-state index in [-0.39, 0.29) is 46.8 Å². The number of primary amides is 1. The number of amides is 1. The van der Waals surface area contributed by atoms with Crippen molar-refractivity contribution in [2.24, 2.45) is 5.73 Å². The summed E-state index contributed by atoms with van der Waals surface area (Å²) >= 11 is 0. The lowest BCUT2D eigenvalue weighted by Gasteiger charge is -2.16. The van der Waals surface area contributed by atoms with Crippen LogP contribution in [0.4, 0.5) is 36.4 Å². The van der Waals surface area contributed by atoms with Crippen LogP contribution in [0.15, 0.2) is 36.8 Å². The van der Waals surface area contributed by atoms with Crippen molar-refractivity contribution in [3.8, 4) is 5.75 Å². The predicted octanol–water partition coefficient (Wildman–Crippen LogP) is 2.51. The molecule has 0 bridgehead atoms. The van der Waals surface area contributed by atoms with E-state index in [2.05, 4.69) is 35.3 Å². The van der Waals surface area contributed by atoms with Gasteiger partial charge in [0.05, 0.1) is 25.1 Å². The Hall–Kier alpha value is -4.21. The summed E-state index contributed by atoms with van der Waals surface area (Å²) in [6, 6.07) is 4.19. The van der Waals surface area contributed by atoms with Gasteiger partial charge < -0.3 is 21.1 Å². The fourth-order valence-corrected chi connectivity index (χ4v) is 3.44. The maximum absolute atomic E-state index is 13.6. The Labute approximate surface area is 203 Å². The highest BCUT2D eigenvalue weighted by Gasteiger charge is 2.35. The first-order chi connectivity index (χ1) is 16.9. The molecule has 0 unspecified atom stereocenters. The van der Waals surface area contributed by atoms with Crippen LogP contribution in [-0.2, 0) is 22.7 Å². The van der Waals surface area contributed by atoms with Gasteiger partial charge in [-0.3, -0.25) is 14.5 Å². The first-order valence-electron chi connectivity index (χ1n) is 10.2. The molecule has 0 aliphatic rings. The number of ether oxygens (including phenoxy) is 1. The summed E-state index contributed by atoms with van der Waals surface area (Å²) in [6.07, 6.45) is -1.74. The van der Waals surface area contributed by atoms with E-state index in [9.17, 15) is 26.4 Å². The van der Waals surface area contributed by atoms with Gasteiger partial charge in [-0.2, -0.15) is 18.2 Å². The van der Waals surface area contributed by atoms with E-state index in [0.717, 1.165) is 0 Å². The number of aromatic nitrogens is 4. The number of nitrogens with one attached hydrogen (secondary N) is 3. The molecular formula is C20H21F3N8O4S. The Morgan fingerprint density at radius 3 is 2.50 bits per heavy atom. The van der Waals surface area contributed by atoms with Crippen molar-refractivity contribution in [3.63, 3.8) is 0 Å². The minimum atomic E-state index is -4.81. The van der Waals surface area contributed by atoms with Gasteiger partial charge in [0.25, 0.3) is 0 Å². The summed E-state index contributed by atoms with van der Waals surface area (Å²) in [5.41, 5.74) is 4.45. The molecule has 2 aromatic heterocycles. The second-order valence-corrected chi connectivity index (χ2v) is 9.08. The average Bonchev–Trinajstić information content (AvgIpc) is 2.82. The van der Waals surface area contributed by atoms with Crippen LogP contribution in [-0.4, -0.2) is 47.1 Å². The molecule has 3 rings (SSSR count). The van der Waals surface area contributed by atoms with E-state index in [1.54, 1.807) is 0 Å². The fraction of sp³-hybridized carbons (Fsp3) is 0.250. The number of anilines is 4. The molecule has 16 heteroatoms. The van der Waals surface area contributed by atoms with Crippen molar-refractivity contribution in [1.82, 2.24) is 19.9 Å². The molecule has 0 radical (unpaired) electrons. The third-order valence-corrected chi connectivity index (χ3v) is 5.92. The Morgan fingerprint density at radius 2 is 1.86 bits per heavy atom. The van der Waals surface area contributed by atoms with Gasteiger partial charge in [0, 0.05) is 24.2 Å². The summed E-state index contributed by atoms with van der Waals surface area (Å²) in [4.78, 5) is 27.0. The molecule has 2 heterocycles. The third-order valence-electron chi connectivity index (χ3n) is 4.65. The topological polar surface area (TPSA) is 174 Å². The molecule has 36 heavy (non-hydrogen) atoms. The zero-order chi connectivity index (χ0) is 26.5. The average molecular weight is 527 g/mol. The maximum atomic E-state index is 13.6. The van der Waals surface area contributed by atoms with E-state index < -0.39 is 33.5 Å². The monoisotopic (exact) mass is 526 g/mol. The number of nitrogens with zero attached hydrogens (tertiary/aromatic N) is 4. The third kappa shape index (κ3) is 6.47. The number of sulfonamides is 1. The second-order valence-electron chi connectivity index (χ2n) is 7.07. The van der Waals surface area contributed by atoms with Crippen LogP contribution < -0.4 is 25.8 Å². The number of hydrogen-bond acceptors (Lipinski definition) is 10. The summed E-state index contributed by atoms with van der Waals surface area (Å²) in [7, 11) is -2.35. The number of halogens is 3. The number of alkyl halides is 3. The summed E-state index contributed by atoms with van der Waals surface area (Å²) in [6.45, 7) is 1.06. The van der Waals surface area contributed by atoms with Gasteiger partial charge in [-0.25, -0.2) is 18.4 Å². The van der Waals surface area contributed by atoms with E-state index >= 15 is 0 Å². The standard InChI is InChI=1S/C20H21F3N8O4S/c1-3-36(33,34)31-18-14(25-6-7-26-18)10-27-17-12(20(21,22)23)9-28-19(30-17)29-13-8-11(16(24)32)4-5-15(13)35-2/h4-9H,3,10H2,1-2H3,(H2,24,32)(H,26,31)(H2,27,28,29,30). The zero-order valence-corrected chi connectivity index (χ0v) is 19.7. The number of benzene rings is 1. The quantitative estimate of drug-likeness (QED) is 0.307. The van der Waals surface area contributed by atoms with Crippen LogP contribution in [0.25, 0.3) is 0 Å². The van der Waals surface area contributed by atoms with Crippen molar-refractivity contribution in [2.75, 3.05) is 28.2 Å². The highest BCUT2D eigenvalue weighted by molar-refractivity contribution is 7.92. The molecule has 12 nitrogen and oxygen atoms in total. The predicted molar refractivity (Wildman–Crippen MR) is 124 cm³/mol. The van der Waals surface area contributed by atoms with Gasteiger partial charge in [0.1, 0.15) is 22.8 Å². The molecule has 1 amide bonds. The molecule has 0 fully saturated rings. The van der Waals surface area contributed by atoms with Gasteiger partial charge in [-0.1, -0.05) is 0 Å². The van der Waals surface area contributed by atoms with Gasteiger partial charge >= 0.3 is 6.18 Å². The molecule has 0 aliphatic carbocycles. The van der Waals surface area contributed by atoms with Crippen molar-refractivity contribution >= 4 is 39.2 Å². The second kappa shape index (κ2) is 10.6. The van der Waals surface area contributed by atoms with Crippen LogP contribution in [0.3, 0.4) is 0 Å². The lowest BCUT2D eigenvalue weighted by Crippen LogP contribution is -2.19. The number of methoxy groups -OCH3 is 1. The van der Waals surface area contributed by atoms with Crippen molar-refractivity contribution in [1.29, 1.82) is 0 Å². The highest BCUT2D eigenvalue weighted by atomic mass is 32.2. The number of carbonyl (C=O) groups excluding carboxylic acids is 1. The number of carbonyl (C=O) groups is 1. The molecule has 192 valence electrons. The molecule has 3 aromatic rings. The van der Waals surface area contributed by atoms with Crippen LogP contribution in [0.5, 0.6) is 5.75 Å². The molecule has 0 saturated carbocycles. The summed E-state index contributed by atoms with van der Waals surface area (Å²) in [5.74, 6) is -1.71. The number of rotatable bonds is 10. The first kappa shape index (κ1) is 26.4. The Kier molecular flexibility index (Phi) is 7.77. The van der Waals surface area contributed by atoms with Crippen molar-refractivity contribution in [3.05, 3.63) is 53.6 Å². The van der Waals surface area contributed by atoms with Gasteiger partial charge in [-0.15, -0.1) is 0 Å². The molecular weight excluding hydrogens is 505 g/mol. The lowest BCUT2D eigenvalue weighted by molar-refractivity contribution is -0.137. The Morgan fingerprint density at radius 1 is 1.14 bits per heavy atom. The molecule has 0 spiro atoms. The van der Waals surface area contributed by atoms with Crippen LogP contribution in [0, 0.1) is 0 Å². The zero-order valence-electron chi connectivity index (χ0n) is 18.9. The van der Waals surface area contributed by atoms with Crippen LogP contribution in [0.1, 0.15) is 28.5 Å². The summed E-state index contributed by atoms with van der Waals surface area (Å²) < 4.78 is 72.0. The van der Waals surface area contributed by atoms with E-state index in [0.29, 0.717) is 6.20 Å². The minimum absolute atomic E-state index is 0.0339.